The minimum Gasteiger partial charge on any atom is -0.507 e. The molecule has 7 nitrogen and oxygen atoms in total. The van der Waals surface area contributed by atoms with Crippen LogP contribution in [0.25, 0.3) is 0 Å². The number of carbonyl (C=O) groups excluding carboxylic acids is 2. The number of aromatic hydroxyl groups is 1. The Morgan fingerprint density at radius 3 is 2.69 bits per heavy atom. The van der Waals surface area contributed by atoms with Crippen molar-refractivity contribution in [2.45, 2.75) is 20.5 Å². The number of nitrogens with zero attached hydrogens (tertiary/aromatic N) is 2. The number of para-hydroxylation sites is 2. The molecular weight excluding hydrogens is 392 g/mol. The van der Waals surface area contributed by atoms with Gasteiger partial charge in [0.2, 0.25) is 5.91 Å². The van der Waals surface area contributed by atoms with E-state index in [1.54, 1.807) is 35.7 Å². The number of esters is 1. The number of benzene rings is 2. The molecule has 1 amide bonds. The Labute approximate surface area is 172 Å². The first kappa shape index (κ1) is 20.3. The van der Waals surface area contributed by atoms with Crippen molar-refractivity contribution in [1.29, 1.82) is 0 Å². The molecule has 0 saturated heterocycles. The fourth-order valence-electron chi connectivity index (χ4n) is 2.72. The van der Waals surface area contributed by atoms with Crippen molar-refractivity contribution < 1.29 is 24.2 Å². The first-order valence-corrected chi connectivity index (χ1v) is 9.63. The van der Waals surface area contributed by atoms with E-state index in [9.17, 15) is 14.7 Å². The molecule has 0 unspecified atom stereocenters. The number of thiazole rings is 1. The van der Waals surface area contributed by atoms with Crippen molar-refractivity contribution >= 4 is 34.0 Å². The highest BCUT2D eigenvalue weighted by Crippen LogP contribution is 2.35. The molecule has 0 spiro atoms. The Bertz CT molecular complexity index is 1050. The molecule has 3 aromatic rings. The predicted octanol–water partition coefficient (Wildman–Crippen LogP) is 4.21. The van der Waals surface area contributed by atoms with Crippen LogP contribution in [0.4, 0.5) is 10.8 Å². The number of amides is 1. The second-order valence-electron chi connectivity index (χ2n) is 6.24. The van der Waals surface area contributed by atoms with E-state index in [1.165, 1.54) is 36.3 Å². The number of anilines is 2. The Balaban J connectivity index is 1.78. The molecule has 2 aromatic carbocycles. The Kier molecular flexibility index (Phi) is 6.13. The molecule has 0 radical (unpaired) electrons. The monoisotopic (exact) mass is 412 g/mol. The van der Waals surface area contributed by atoms with Crippen molar-refractivity contribution in [2.75, 3.05) is 12.0 Å². The minimum atomic E-state index is -0.645. The molecule has 29 heavy (non-hydrogen) atoms. The largest absolute Gasteiger partial charge is 0.507 e. The van der Waals surface area contributed by atoms with E-state index in [0.717, 1.165) is 5.56 Å². The summed E-state index contributed by atoms with van der Waals surface area (Å²) < 4.78 is 10.6. The third-order valence-electron chi connectivity index (χ3n) is 4.09. The van der Waals surface area contributed by atoms with E-state index in [1.807, 2.05) is 13.0 Å². The van der Waals surface area contributed by atoms with Crippen LogP contribution in [0.1, 0.15) is 28.5 Å². The highest BCUT2D eigenvalue weighted by Gasteiger charge is 2.22. The first-order chi connectivity index (χ1) is 13.9. The maximum absolute atomic E-state index is 12.3. The summed E-state index contributed by atoms with van der Waals surface area (Å²) in [7, 11) is 1.53. The number of ether oxygens (including phenoxy) is 2. The number of carbonyl (C=O) groups is 2. The van der Waals surface area contributed by atoms with Gasteiger partial charge >= 0.3 is 5.97 Å². The van der Waals surface area contributed by atoms with Crippen LogP contribution in [0.5, 0.6) is 11.5 Å². The molecule has 1 heterocycles. The number of methoxy groups -OCH3 is 1. The van der Waals surface area contributed by atoms with Gasteiger partial charge in [-0.05, 0) is 31.2 Å². The van der Waals surface area contributed by atoms with Crippen LogP contribution in [0, 0.1) is 6.92 Å². The van der Waals surface area contributed by atoms with Gasteiger partial charge in [0.25, 0.3) is 0 Å². The molecule has 150 valence electrons. The van der Waals surface area contributed by atoms with Crippen LogP contribution in [-0.2, 0) is 16.1 Å². The molecule has 0 bridgehead atoms. The zero-order chi connectivity index (χ0) is 21.0. The van der Waals surface area contributed by atoms with Gasteiger partial charge < -0.3 is 14.6 Å². The molecule has 0 atom stereocenters. The van der Waals surface area contributed by atoms with Gasteiger partial charge in [-0.3, -0.25) is 9.69 Å². The zero-order valence-corrected chi connectivity index (χ0v) is 17.0. The van der Waals surface area contributed by atoms with Crippen molar-refractivity contribution in [3.8, 4) is 11.5 Å². The topological polar surface area (TPSA) is 89.0 Å². The quantitative estimate of drug-likeness (QED) is 0.610. The highest BCUT2D eigenvalue weighted by molar-refractivity contribution is 7.14. The second kappa shape index (κ2) is 8.74. The number of phenols is 1. The average Bonchev–Trinajstić information content (AvgIpc) is 3.16. The molecule has 1 N–H and O–H groups in total. The van der Waals surface area contributed by atoms with Crippen LogP contribution in [0.2, 0.25) is 0 Å². The van der Waals surface area contributed by atoms with Gasteiger partial charge in [0.1, 0.15) is 23.7 Å². The number of aryl methyl sites for hydroxylation is 1. The fourth-order valence-corrected chi connectivity index (χ4v) is 3.58. The van der Waals surface area contributed by atoms with Crippen molar-refractivity contribution in [3.63, 3.8) is 0 Å². The lowest BCUT2D eigenvalue weighted by atomic mass is 10.1. The van der Waals surface area contributed by atoms with Crippen molar-refractivity contribution in [2.24, 2.45) is 0 Å². The summed E-state index contributed by atoms with van der Waals surface area (Å²) in [6.07, 6.45) is 0. The van der Waals surface area contributed by atoms with Crippen LogP contribution in [-0.4, -0.2) is 29.1 Å². The molecule has 3 rings (SSSR count). The summed E-state index contributed by atoms with van der Waals surface area (Å²) in [5.41, 5.74) is 2.00. The maximum atomic E-state index is 12.3. The van der Waals surface area contributed by atoms with Crippen LogP contribution in [0.3, 0.4) is 0 Å². The van der Waals surface area contributed by atoms with Crippen LogP contribution < -0.4 is 9.64 Å². The van der Waals surface area contributed by atoms with Gasteiger partial charge in [-0.25, -0.2) is 9.78 Å². The summed E-state index contributed by atoms with van der Waals surface area (Å²) >= 11 is 1.25. The minimum absolute atomic E-state index is 0.0830. The second-order valence-corrected chi connectivity index (χ2v) is 7.08. The maximum Gasteiger partial charge on any atom is 0.342 e. The normalized spacial score (nSPS) is 10.4. The molecular formula is C21H20N2O5S. The SMILES string of the molecule is COc1ccccc1N(C(C)=O)c1nc(COC(=O)c2cc(C)ccc2O)cs1. The Morgan fingerprint density at radius 1 is 1.21 bits per heavy atom. The Morgan fingerprint density at radius 2 is 1.97 bits per heavy atom. The van der Waals surface area contributed by atoms with E-state index < -0.39 is 5.97 Å². The van der Waals surface area contributed by atoms with Crippen LogP contribution >= 0.6 is 11.3 Å². The lowest BCUT2D eigenvalue weighted by Crippen LogP contribution is -2.23. The van der Waals surface area contributed by atoms with Gasteiger partial charge in [-0.15, -0.1) is 11.3 Å². The van der Waals surface area contributed by atoms with Gasteiger partial charge in [0, 0.05) is 12.3 Å². The molecule has 0 saturated carbocycles. The van der Waals surface area contributed by atoms with Crippen molar-refractivity contribution in [1.82, 2.24) is 4.98 Å². The van der Waals surface area contributed by atoms with Crippen molar-refractivity contribution in [3.05, 3.63) is 64.7 Å². The van der Waals surface area contributed by atoms with E-state index in [0.29, 0.717) is 22.3 Å². The smallest absolute Gasteiger partial charge is 0.342 e. The summed E-state index contributed by atoms with van der Waals surface area (Å²) in [5, 5.41) is 12.0. The third-order valence-corrected chi connectivity index (χ3v) is 4.97. The first-order valence-electron chi connectivity index (χ1n) is 8.75. The molecule has 0 fully saturated rings. The number of phenolic OH excluding ortho intramolecular Hbond substituents is 1. The van der Waals surface area contributed by atoms with Gasteiger partial charge in [0.15, 0.2) is 5.13 Å². The van der Waals surface area contributed by atoms with E-state index in [4.69, 9.17) is 9.47 Å². The Hall–Kier alpha value is -3.39. The standard InChI is InChI=1S/C21H20N2O5S/c1-13-8-9-18(25)16(10-13)20(26)28-11-15-12-29-21(22-15)23(14(2)24)17-6-4-5-7-19(17)27-3/h4-10,12,25H,11H2,1-3H3. The molecule has 8 heteroatoms. The third kappa shape index (κ3) is 4.55. The summed E-state index contributed by atoms with van der Waals surface area (Å²) in [6.45, 7) is 3.17. The lowest BCUT2D eigenvalue weighted by Gasteiger charge is -2.20. The fraction of sp³-hybridized carbons (Fsp3) is 0.190. The van der Waals surface area contributed by atoms with Gasteiger partial charge in [-0.1, -0.05) is 23.8 Å². The number of hydrogen-bond donors (Lipinski definition) is 1. The molecule has 0 aliphatic rings. The average molecular weight is 412 g/mol. The molecule has 0 aliphatic carbocycles. The summed E-state index contributed by atoms with van der Waals surface area (Å²) in [6, 6.07) is 11.9. The van der Waals surface area contributed by atoms with E-state index >= 15 is 0 Å². The summed E-state index contributed by atoms with van der Waals surface area (Å²) in [5.74, 6) is -0.467. The summed E-state index contributed by atoms with van der Waals surface area (Å²) in [4.78, 5) is 30.4. The lowest BCUT2D eigenvalue weighted by molar-refractivity contribution is -0.115. The number of rotatable bonds is 6. The number of hydrogen-bond acceptors (Lipinski definition) is 7. The van der Waals surface area contributed by atoms with Gasteiger partial charge in [0.05, 0.1) is 18.5 Å². The van der Waals surface area contributed by atoms with Gasteiger partial charge in [-0.2, -0.15) is 0 Å². The van der Waals surface area contributed by atoms with E-state index in [2.05, 4.69) is 4.98 Å². The zero-order valence-electron chi connectivity index (χ0n) is 16.2. The van der Waals surface area contributed by atoms with E-state index in [-0.39, 0.29) is 23.8 Å². The van der Waals surface area contributed by atoms with Crippen LogP contribution in [0.15, 0.2) is 47.8 Å². The predicted molar refractivity (Wildman–Crippen MR) is 110 cm³/mol. The highest BCUT2D eigenvalue weighted by atomic mass is 32.1. The number of aromatic nitrogens is 1. The molecule has 1 aromatic heterocycles. The molecule has 0 aliphatic heterocycles.